The number of hydrogen-bond donors (Lipinski definition) is 2. The molecule has 2 N–H and O–H groups in total. The van der Waals surface area contributed by atoms with Gasteiger partial charge < -0.3 is 10.6 Å². The maximum absolute atomic E-state index is 3.04. The van der Waals surface area contributed by atoms with Crippen LogP contribution in [0.15, 0.2) is 11.8 Å². The van der Waals surface area contributed by atoms with E-state index in [2.05, 4.69) is 17.6 Å². The first-order chi connectivity index (χ1) is 3.81. The lowest BCUT2D eigenvalue weighted by atomic mass is 10.3. The summed E-state index contributed by atoms with van der Waals surface area (Å²) in [6.07, 6.45) is 1.98. The summed E-state index contributed by atoms with van der Waals surface area (Å²) < 4.78 is 0. The molecular weight excluding hydrogens is 100 g/mol. The molecule has 0 aromatic carbocycles. The highest BCUT2D eigenvalue weighted by Crippen LogP contribution is 1.83. The normalized spacial score (nSPS) is 11.6. The molecule has 0 aliphatic carbocycles. The Hall–Kier alpha value is -0.500. The Labute approximate surface area is 51.0 Å². The van der Waals surface area contributed by atoms with Gasteiger partial charge in [-0.25, -0.2) is 0 Å². The van der Waals surface area contributed by atoms with Gasteiger partial charge in [0.15, 0.2) is 0 Å². The van der Waals surface area contributed by atoms with Crippen molar-refractivity contribution in [2.75, 3.05) is 20.6 Å². The van der Waals surface area contributed by atoms with E-state index in [-0.39, 0.29) is 0 Å². The van der Waals surface area contributed by atoms with Crippen LogP contribution in [0.1, 0.15) is 6.92 Å². The molecule has 0 bridgehead atoms. The van der Waals surface area contributed by atoms with Crippen LogP contribution in [0.25, 0.3) is 0 Å². The molecule has 0 atom stereocenters. The van der Waals surface area contributed by atoms with Crippen LogP contribution in [0.4, 0.5) is 0 Å². The molecule has 0 spiro atoms. The Morgan fingerprint density at radius 1 is 1.50 bits per heavy atom. The van der Waals surface area contributed by atoms with Gasteiger partial charge in [-0.3, -0.25) is 0 Å². The molecule has 0 aromatic heterocycles. The zero-order valence-electron chi connectivity index (χ0n) is 5.78. The Morgan fingerprint density at radius 3 is 2.50 bits per heavy atom. The SMILES string of the molecule is CN/C=C(/C)CNC. The van der Waals surface area contributed by atoms with Crippen molar-refractivity contribution in [3.63, 3.8) is 0 Å². The van der Waals surface area contributed by atoms with E-state index in [1.165, 1.54) is 5.57 Å². The third kappa shape index (κ3) is 3.68. The van der Waals surface area contributed by atoms with Crippen molar-refractivity contribution in [3.05, 3.63) is 11.8 Å². The zero-order chi connectivity index (χ0) is 6.41. The summed E-state index contributed by atoms with van der Waals surface area (Å²) in [5.74, 6) is 0. The van der Waals surface area contributed by atoms with Crippen LogP contribution in [0.2, 0.25) is 0 Å². The van der Waals surface area contributed by atoms with Gasteiger partial charge in [0.25, 0.3) is 0 Å². The first kappa shape index (κ1) is 7.50. The summed E-state index contributed by atoms with van der Waals surface area (Å²) in [6.45, 7) is 3.04. The van der Waals surface area contributed by atoms with Gasteiger partial charge in [0.1, 0.15) is 0 Å². The minimum absolute atomic E-state index is 0.959. The monoisotopic (exact) mass is 114 g/mol. The summed E-state index contributed by atoms with van der Waals surface area (Å²) in [7, 11) is 3.84. The Kier molecular flexibility index (Phi) is 4.36. The lowest BCUT2D eigenvalue weighted by molar-refractivity contribution is 0.867. The van der Waals surface area contributed by atoms with Gasteiger partial charge >= 0.3 is 0 Å². The van der Waals surface area contributed by atoms with E-state index in [9.17, 15) is 0 Å². The summed E-state index contributed by atoms with van der Waals surface area (Å²) in [5.41, 5.74) is 1.31. The highest BCUT2D eigenvalue weighted by atomic mass is 14.8. The molecule has 2 nitrogen and oxygen atoms in total. The van der Waals surface area contributed by atoms with Gasteiger partial charge in [0.05, 0.1) is 0 Å². The van der Waals surface area contributed by atoms with Gasteiger partial charge in [-0.1, -0.05) is 0 Å². The second kappa shape index (κ2) is 4.65. The average molecular weight is 114 g/mol. The largest absolute Gasteiger partial charge is 0.394 e. The standard InChI is InChI=1S/C6H14N2/c1-6(4-7-2)5-8-3/h4,7-8H,5H2,1-3H3/b6-4-. The number of likely N-dealkylation sites (N-methyl/N-ethyl adjacent to an activating group) is 1. The van der Waals surface area contributed by atoms with E-state index in [1.54, 1.807) is 0 Å². The van der Waals surface area contributed by atoms with E-state index in [0.29, 0.717) is 0 Å². The van der Waals surface area contributed by atoms with E-state index in [0.717, 1.165) is 6.54 Å². The maximum atomic E-state index is 3.04. The quantitative estimate of drug-likeness (QED) is 0.552. The summed E-state index contributed by atoms with van der Waals surface area (Å²) in [4.78, 5) is 0. The molecule has 0 fully saturated rings. The van der Waals surface area contributed by atoms with E-state index < -0.39 is 0 Å². The fraction of sp³-hybridized carbons (Fsp3) is 0.667. The van der Waals surface area contributed by atoms with Crippen LogP contribution in [-0.4, -0.2) is 20.6 Å². The second-order valence-corrected chi connectivity index (χ2v) is 1.81. The maximum Gasteiger partial charge on any atom is 0.0176 e. The summed E-state index contributed by atoms with van der Waals surface area (Å²) in [5, 5.41) is 5.99. The Bertz CT molecular complexity index is 76.6. The van der Waals surface area contributed by atoms with Crippen molar-refractivity contribution >= 4 is 0 Å². The van der Waals surface area contributed by atoms with Gasteiger partial charge in [0.2, 0.25) is 0 Å². The van der Waals surface area contributed by atoms with Gasteiger partial charge in [-0.05, 0) is 25.7 Å². The van der Waals surface area contributed by atoms with Crippen molar-refractivity contribution in [1.29, 1.82) is 0 Å². The fourth-order valence-electron chi connectivity index (χ4n) is 0.576. The van der Waals surface area contributed by atoms with Crippen LogP contribution in [0.5, 0.6) is 0 Å². The van der Waals surface area contributed by atoms with Crippen molar-refractivity contribution in [3.8, 4) is 0 Å². The molecule has 8 heavy (non-hydrogen) atoms. The van der Waals surface area contributed by atoms with E-state index in [1.807, 2.05) is 20.3 Å². The van der Waals surface area contributed by atoms with Gasteiger partial charge in [-0.15, -0.1) is 0 Å². The molecule has 0 rings (SSSR count). The number of nitrogens with one attached hydrogen (secondary N) is 2. The van der Waals surface area contributed by atoms with Crippen LogP contribution in [0, 0.1) is 0 Å². The predicted molar refractivity (Wildman–Crippen MR) is 36.7 cm³/mol. The molecule has 0 unspecified atom stereocenters. The minimum atomic E-state index is 0.959. The number of rotatable bonds is 3. The third-order valence-corrected chi connectivity index (χ3v) is 0.846. The predicted octanol–water partition coefficient (Wildman–Crippen LogP) is 0.329. The summed E-state index contributed by atoms with van der Waals surface area (Å²) >= 11 is 0. The van der Waals surface area contributed by atoms with Crippen molar-refractivity contribution in [2.24, 2.45) is 0 Å². The lowest BCUT2D eigenvalue weighted by Crippen LogP contribution is -2.10. The van der Waals surface area contributed by atoms with Crippen molar-refractivity contribution in [2.45, 2.75) is 6.92 Å². The molecule has 0 amide bonds. The van der Waals surface area contributed by atoms with Gasteiger partial charge in [-0.2, -0.15) is 0 Å². The van der Waals surface area contributed by atoms with Crippen LogP contribution >= 0.6 is 0 Å². The molecule has 0 radical (unpaired) electrons. The fourth-order valence-corrected chi connectivity index (χ4v) is 0.576. The molecule has 0 heterocycles. The van der Waals surface area contributed by atoms with E-state index >= 15 is 0 Å². The molecule has 0 saturated heterocycles. The molecular formula is C6H14N2. The van der Waals surface area contributed by atoms with E-state index in [4.69, 9.17) is 0 Å². The molecule has 0 aliphatic rings. The highest BCUT2D eigenvalue weighted by Gasteiger charge is 1.80. The zero-order valence-corrected chi connectivity index (χ0v) is 5.78. The third-order valence-electron chi connectivity index (χ3n) is 0.846. The molecule has 48 valence electrons. The first-order valence-electron chi connectivity index (χ1n) is 2.78. The topological polar surface area (TPSA) is 24.1 Å². The Morgan fingerprint density at radius 2 is 2.12 bits per heavy atom. The molecule has 2 heteroatoms. The average Bonchev–Trinajstić information content (AvgIpc) is 1.68. The second-order valence-electron chi connectivity index (χ2n) is 1.81. The van der Waals surface area contributed by atoms with Crippen LogP contribution in [0.3, 0.4) is 0 Å². The minimum Gasteiger partial charge on any atom is -0.394 e. The Balaban J connectivity index is 3.29. The number of hydrogen-bond acceptors (Lipinski definition) is 2. The van der Waals surface area contributed by atoms with Crippen LogP contribution < -0.4 is 10.6 Å². The first-order valence-corrected chi connectivity index (χ1v) is 2.78. The molecule has 0 aromatic rings. The molecule has 0 aliphatic heterocycles. The molecule has 0 saturated carbocycles. The lowest BCUT2D eigenvalue weighted by Gasteiger charge is -1.96. The smallest absolute Gasteiger partial charge is 0.0176 e. The van der Waals surface area contributed by atoms with Crippen molar-refractivity contribution in [1.82, 2.24) is 10.6 Å². The van der Waals surface area contributed by atoms with Gasteiger partial charge in [0, 0.05) is 13.6 Å². The summed E-state index contributed by atoms with van der Waals surface area (Å²) in [6, 6.07) is 0. The highest BCUT2D eigenvalue weighted by molar-refractivity contribution is 4.97. The van der Waals surface area contributed by atoms with Crippen molar-refractivity contribution < 1.29 is 0 Å². The van der Waals surface area contributed by atoms with Crippen LogP contribution in [-0.2, 0) is 0 Å².